The number of benzene rings is 1. The van der Waals surface area contributed by atoms with E-state index in [4.69, 9.17) is 5.73 Å². The fourth-order valence-corrected chi connectivity index (χ4v) is 1.81. The number of hydrogen-bond donors (Lipinski definition) is 2. The first-order valence-corrected chi connectivity index (χ1v) is 6.84. The summed E-state index contributed by atoms with van der Waals surface area (Å²) in [7, 11) is 2.07. The predicted octanol–water partition coefficient (Wildman–Crippen LogP) is 2.38. The smallest absolute Gasteiger partial charge is 0.241 e. The molecule has 2 unspecified atom stereocenters. The van der Waals surface area contributed by atoms with Gasteiger partial charge in [0.05, 0.1) is 0 Å². The molecule has 0 aliphatic rings. The summed E-state index contributed by atoms with van der Waals surface area (Å²) < 4.78 is 0. The minimum atomic E-state index is -0.588. The van der Waals surface area contributed by atoms with E-state index in [0.29, 0.717) is 12.6 Å². The van der Waals surface area contributed by atoms with Crippen molar-refractivity contribution in [3.05, 3.63) is 35.9 Å². The predicted molar refractivity (Wildman–Crippen MR) is 93.3 cm³/mol. The highest BCUT2D eigenvalue weighted by atomic mass is 35.5. The summed E-state index contributed by atoms with van der Waals surface area (Å²) in [5, 5.41) is 2.89. The molecule has 1 rings (SSSR count). The Hall–Kier alpha value is -0.810. The van der Waals surface area contributed by atoms with Crippen LogP contribution in [0.1, 0.15) is 31.9 Å². The monoisotopic (exact) mass is 335 g/mol. The maximum atomic E-state index is 11.9. The summed E-state index contributed by atoms with van der Waals surface area (Å²) in [5.41, 5.74) is 6.76. The van der Waals surface area contributed by atoms with E-state index >= 15 is 0 Å². The van der Waals surface area contributed by atoms with Gasteiger partial charge in [-0.15, -0.1) is 24.8 Å². The Labute approximate surface area is 140 Å². The molecule has 21 heavy (non-hydrogen) atoms. The lowest BCUT2D eigenvalue weighted by Crippen LogP contribution is -2.40. The Kier molecular flexibility index (Phi) is 12.6. The molecule has 0 spiro atoms. The van der Waals surface area contributed by atoms with E-state index in [2.05, 4.69) is 31.1 Å². The quantitative estimate of drug-likeness (QED) is 0.804. The fraction of sp³-hybridized carbons (Fsp3) is 0.533. The highest BCUT2D eigenvalue weighted by Gasteiger charge is 2.15. The standard InChI is InChI=1S/C15H25N3O.2ClH/c1-4-12(2)18(3)11-10-17-15(19)14(16)13-8-6-5-7-9-13;;/h5-9,12,14H,4,10-11,16H2,1-3H3,(H,17,19);2*1H. The molecular weight excluding hydrogens is 309 g/mol. The van der Waals surface area contributed by atoms with Crippen molar-refractivity contribution in [2.24, 2.45) is 5.73 Å². The van der Waals surface area contributed by atoms with Crippen molar-refractivity contribution in [2.75, 3.05) is 20.1 Å². The average Bonchev–Trinajstić information content (AvgIpc) is 2.46. The van der Waals surface area contributed by atoms with E-state index in [-0.39, 0.29) is 30.7 Å². The lowest BCUT2D eigenvalue weighted by molar-refractivity contribution is -0.122. The number of carbonyl (C=O) groups is 1. The molecular formula is C15H27Cl2N3O. The van der Waals surface area contributed by atoms with Crippen molar-refractivity contribution < 1.29 is 4.79 Å². The Balaban J connectivity index is 0. The summed E-state index contributed by atoms with van der Waals surface area (Å²) >= 11 is 0. The lowest BCUT2D eigenvalue weighted by Gasteiger charge is -2.23. The number of nitrogens with zero attached hydrogens (tertiary/aromatic N) is 1. The van der Waals surface area contributed by atoms with E-state index in [9.17, 15) is 4.79 Å². The lowest BCUT2D eigenvalue weighted by atomic mass is 10.1. The Bertz CT molecular complexity index is 390. The first-order chi connectivity index (χ1) is 9.06. The van der Waals surface area contributed by atoms with Gasteiger partial charge in [-0.1, -0.05) is 37.3 Å². The van der Waals surface area contributed by atoms with E-state index in [0.717, 1.165) is 18.5 Å². The van der Waals surface area contributed by atoms with Gasteiger partial charge in [-0.2, -0.15) is 0 Å². The minimum Gasteiger partial charge on any atom is -0.353 e. The van der Waals surface area contributed by atoms with Crippen LogP contribution in [0, 0.1) is 0 Å². The molecule has 0 heterocycles. The molecule has 0 saturated carbocycles. The molecule has 0 aliphatic heterocycles. The third-order valence-electron chi connectivity index (χ3n) is 3.55. The maximum absolute atomic E-state index is 11.9. The number of halogens is 2. The largest absolute Gasteiger partial charge is 0.353 e. The summed E-state index contributed by atoms with van der Waals surface area (Å²) in [6.45, 7) is 5.80. The van der Waals surface area contributed by atoms with Crippen molar-refractivity contribution in [2.45, 2.75) is 32.4 Å². The fourth-order valence-electron chi connectivity index (χ4n) is 1.81. The van der Waals surface area contributed by atoms with Gasteiger partial charge in [0, 0.05) is 19.1 Å². The number of likely N-dealkylation sites (N-methyl/N-ethyl adjacent to an activating group) is 1. The van der Waals surface area contributed by atoms with Gasteiger partial charge in [0.25, 0.3) is 0 Å². The van der Waals surface area contributed by atoms with Crippen LogP contribution >= 0.6 is 24.8 Å². The molecule has 0 fully saturated rings. The zero-order chi connectivity index (χ0) is 14.3. The van der Waals surface area contributed by atoms with Gasteiger partial charge in [0.2, 0.25) is 5.91 Å². The van der Waals surface area contributed by atoms with Crippen molar-refractivity contribution in [3.63, 3.8) is 0 Å². The second kappa shape index (κ2) is 11.8. The van der Waals surface area contributed by atoms with Crippen LogP contribution < -0.4 is 11.1 Å². The van der Waals surface area contributed by atoms with E-state index in [1.54, 1.807) is 0 Å². The molecule has 1 amide bonds. The van der Waals surface area contributed by atoms with Crippen LogP contribution in [0.4, 0.5) is 0 Å². The molecule has 0 radical (unpaired) electrons. The molecule has 0 aliphatic carbocycles. The number of hydrogen-bond acceptors (Lipinski definition) is 3. The van der Waals surface area contributed by atoms with Crippen LogP contribution in [-0.2, 0) is 4.79 Å². The van der Waals surface area contributed by atoms with Crippen LogP contribution in [0.2, 0.25) is 0 Å². The summed E-state index contributed by atoms with van der Waals surface area (Å²) in [6, 6.07) is 9.37. The zero-order valence-corrected chi connectivity index (χ0v) is 14.5. The minimum absolute atomic E-state index is 0. The topological polar surface area (TPSA) is 58.4 Å². The number of amides is 1. The maximum Gasteiger partial charge on any atom is 0.241 e. The zero-order valence-electron chi connectivity index (χ0n) is 12.9. The average molecular weight is 336 g/mol. The summed E-state index contributed by atoms with van der Waals surface area (Å²) in [5.74, 6) is -0.122. The molecule has 122 valence electrons. The highest BCUT2D eigenvalue weighted by Crippen LogP contribution is 2.09. The summed E-state index contributed by atoms with van der Waals surface area (Å²) in [4.78, 5) is 14.1. The van der Waals surface area contributed by atoms with Crippen LogP contribution in [0.3, 0.4) is 0 Å². The molecule has 4 nitrogen and oxygen atoms in total. The third-order valence-corrected chi connectivity index (χ3v) is 3.55. The second-order valence-electron chi connectivity index (χ2n) is 4.92. The van der Waals surface area contributed by atoms with Crippen molar-refractivity contribution in [1.82, 2.24) is 10.2 Å². The first-order valence-electron chi connectivity index (χ1n) is 6.84. The van der Waals surface area contributed by atoms with Gasteiger partial charge >= 0.3 is 0 Å². The number of rotatable bonds is 7. The number of nitrogens with two attached hydrogens (primary N) is 1. The molecule has 6 heteroatoms. The Morgan fingerprint density at radius 2 is 1.86 bits per heavy atom. The molecule has 3 N–H and O–H groups in total. The van der Waals surface area contributed by atoms with Crippen molar-refractivity contribution >= 4 is 30.7 Å². The molecule has 1 aromatic carbocycles. The Morgan fingerprint density at radius 1 is 1.29 bits per heavy atom. The Morgan fingerprint density at radius 3 is 2.38 bits per heavy atom. The van der Waals surface area contributed by atoms with Gasteiger partial charge in [0.1, 0.15) is 6.04 Å². The van der Waals surface area contributed by atoms with Crippen molar-refractivity contribution in [3.8, 4) is 0 Å². The first kappa shape index (κ1) is 22.5. The second-order valence-corrected chi connectivity index (χ2v) is 4.92. The third kappa shape index (κ3) is 7.67. The highest BCUT2D eigenvalue weighted by molar-refractivity contribution is 5.85. The van der Waals surface area contributed by atoms with Gasteiger partial charge < -0.3 is 16.0 Å². The number of nitrogens with one attached hydrogen (secondary N) is 1. The van der Waals surface area contributed by atoms with E-state index < -0.39 is 6.04 Å². The van der Waals surface area contributed by atoms with Crippen LogP contribution in [0.25, 0.3) is 0 Å². The number of carbonyl (C=O) groups excluding carboxylic acids is 1. The molecule has 2 atom stereocenters. The molecule has 1 aromatic rings. The molecule has 0 saturated heterocycles. The molecule has 0 aromatic heterocycles. The van der Waals surface area contributed by atoms with Gasteiger partial charge in [-0.3, -0.25) is 4.79 Å². The van der Waals surface area contributed by atoms with Crippen LogP contribution in [0.15, 0.2) is 30.3 Å². The van der Waals surface area contributed by atoms with E-state index in [1.807, 2.05) is 30.3 Å². The molecule has 0 bridgehead atoms. The van der Waals surface area contributed by atoms with Crippen molar-refractivity contribution in [1.29, 1.82) is 0 Å². The SMILES string of the molecule is CCC(C)N(C)CCNC(=O)C(N)c1ccccc1.Cl.Cl. The normalized spacial score (nSPS) is 12.8. The summed E-state index contributed by atoms with van der Waals surface area (Å²) in [6.07, 6.45) is 1.11. The van der Waals surface area contributed by atoms with Gasteiger partial charge in [0.15, 0.2) is 0 Å². The van der Waals surface area contributed by atoms with E-state index in [1.165, 1.54) is 0 Å². The van der Waals surface area contributed by atoms with Gasteiger partial charge in [-0.05, 0) is 26.0 Å². The van der Waals surface area contributed by atoms with Crippen LogP contribution in [0.5, 0.6) is 0 Å². The van der Waals surface area contributed by atoms with Crippen LogP contribution in [-0.4, -0.2) is 37.0 Å². The van der Waals surface area contributed by atoms with Gasteiger partial charge in [-0.25, -0.2) is 0 Å².